The van der Waals surface area contributed by atoms with E-state index in [9.17, 15) is 26.7 Å². The SMILES string of the molecule is C=CC(=O)N1CCC(Oc2cc3c(Nc4cc(-c5ccc(F)cc5F)ccc4OC)ncnc3cc2OC)CC1C(F)(F)F. The van der Waals surface area contributed by atoms with Gasteiger partial charge in [-0.15, -0.1) is 0 Å². The van der Waals surface area contributed by atoms with Crippen molar-refractivity contribution in [3.63, 3.8) is 0 Å². The third-order valence-corrected chi connectivity index (χ3v) is 7.30. The van der Waals surface area contributed by atoms with Crippen LogP contribution in [0.15, 0.2) is 67.5 Å². The summed E-state index contributed by atoms with van der Waals surface area (Å²) in [7, 11) is 2.85. The van der Waals surface area contributed by atoms with Crippen LogP contribution in [0.2, 0.25) is 0 Å². The molecule has 2 atom stereocenters. The molecule has 2 heterocycles. The molecule has 1 amide bonds. The predicted octanol–water partition coefficient (Wildman–Crippen LogP) is 6.82. The summed E-state index contributed by atoms with van der Waals surface area (Å²) in [5, 5.41) is 3.60. The molecule has 4 aromatic rings. The number of rotatable bonds is 8. The molecule has 0 saturated carbocycles. The first-order valence-electron chi connectivity index (χ1n) is 13.4. The summed E-state index contributed by atoms with van der Waals surface area (Å²) in [5.74, 6) is -1.17. The van der Waals surface area contributed by atoms with Crippen molar-refractivity contribution < 1.29 is 41.0 Å². The van der Waals surface area contributed by atoms with Crippen molar-refractivity contribution in [2.45, 2.75) is 31.2 Å². The van der Waals surface area contributed by atoms with E-state index >= 15 is 0 Å². The second kappa shape index (κ2) is 12.3. The van der Waals surface area contributed by atoms with E-state index in [1.807, 2.05) is 0 Å². The van der Waals surface area contributed by atoms with Gasteiger partial charge >= 0.3 is 6.18 Å². The molecule has 3 aromatic carbocycles. The Labute approximate surface area is 249 Å². The number of alkyl halides is 3. The zero-order chi connectivity index (χ0) is 31.6. The van der Waals surface area contributed by atoms with Gasteiger partial charge in [-0.3, -0.25) is 4.79 Å². The summed E-state index contributed by atoms with van der Waals surface area (Å²) >= 11 is 0. The first-order valence-corrected chi connectivity index (χ1v) is 13.4. The minimum absolute atomic E-state index is 0.147. The second-order valence-electron chi connectivity index (χ2n) is 9.96. The maximum Gasteiger partial charge on any atom is 0.408 e. The van der Waals surface area contributed by atoms with E-state index in [2.05, 4.69) is 21.9 Å². The third kappa shape index (κ3) is 6.21. The number of nitrogens with one attached hydrogen (secondary N) is 1. The summed E-state index contributed by atoms with van der Waals surface area (Å²) in [4.78, 5) is 21.5. The van der Waals surface area contributed by atoms with Crippen LogP contribution in [-0.4, -0.2) is 59.9 Å². The van der Waals surface area contributed by atoms with Crippen LogP contribution < -0.4 is 19.5 Å². The van der Waals surface area contributed by atoms with Gasteiger partial charge in [0.25, 0.3) is 0 Å². The number of fused-ring (bicyclic) bond motifs is 1. The molecule has 13 heteroatoms. The lowest BCUT2D eigenvalue weighted by molar-refractivity contribution is -0.200. The molecular weight excluding hydrogens is 587 g/mol. The molecule has 1 fully saturated rings. The van der Waals surface area contributed by atoms with Gasteiger partial charge in [0.05, 0.1) is 25.4 Å². The van der Waals surface area contributed by atoms with Gasteiger partial charge < -0.3 is 24.4 Å². The molecule has 2 unspecified atom stereocenters. The minimum atomic E-state index is -4.66. The van der Waals surface area contributed by atoms with Crippen LogP contribution in [-0.2, 0) is 4.79 Å². The lowest BCUT2D eigenvalue weighted by Crippen LogP contribution is -2.54. The van der Waals surface area contributed by atoms with Crippen LogP contribution in [0, 0.1) is 11.6 Å². The Morgan fingerprint density at radius 3 is 2.48 bits per heavy atom. The van der Waals surface area contributed by atoms with Gasteiger partial charge in [0.2, 0.25) is 5.91 Å². The third-order valence-electron chi connectivity index (χ3n) is 7.30. The van der Waals surface area contributed by atoms with Gasteiger partial charge in [0, 0.05) is 42.5 Å². The first kappa shape index (κ1) is 30.5. The van der Waals surface area contributed by atoms with Gasteiger partial charge in [-0.25, -0.2) is 18.7 Å². The molecule has 0 radical (unpaired) electrons. The Kier molecular flexibility index (Phi) is 8.56. The predicted molar refractivity (Wildman–Crippen MR) is 153 cm³/mol. The van der Waals surface area contributed by atoms with E-state index in [1.54, 1.807) is 30.3 Å². The van der Waals surface area contributed by atoms with Crippen molar-refractivity contribution in [1.82, 2.24) is 14.9 Å². The highest BCUT2D eigenvalue weighted by atomic mass is 19.4. The Balaban J connectivity index is 1.49. The number of methoxy groups -OCH3 is 2. The van der Waals surface area contributed by atoms with Gasteiger partial charge in [-0.1, -0.05) is 12.6 Å². The zero-order valence-electron chi connectivity index (χ0n) is 23.6. The number of benzene rings is 3. The Bertz CT molecular complexity index is 1720. The molecule has 0 aliphatic carbocycles. The van der Waals surface area contributed by atoms with Crippen molar-refractivity contribution in [3.05, 3.63) is 79.1 Å². The smallest absolute Gasteiger partial charge is 0.408 e. The van der Waals surface area contributed by atoms with Crippen LogP contribution in [0.3, 0.4) is 0 Å². The highest BCUT2D eigenvalue weighted by Gasteiger charge is 2.48. The highest BCUT2D eigenvalue weighted by molar-refractivity contribution is 5.94. The largest absolute Gasteiger partial charge is 0.495 e. The number of halogens is 5. The van der Waals surface area contributed by atoms with E-state index in [-0.39, 0.29) is 35.8 Å². The summed E-state index contributed by atoms with van der Waals surface area (Å²) in [5.41, 5.74) is 1.45. The fourth-order valence-corrected chi connectivity index (χ4v) is 5.15. The molecule has 1 aliphatic heterocycles. The number of nitrogens with zero attached hydrogens (tertiary/aromatic N) is 3. The standard InChI is InChI=1S/C31H27F5N4O4/c1-4-29(41)40-10-9-19(13-28(40)31(34,35)36)44-27-14-21-23(15-26(27)43-3)37-16-38-30(21)39-24-11-17(5-8-25(24)42-2)20-7-6-18(32)12-22(20)33/h4-8,11-12,14-16,19,28H,1,9-10,13H2,2-3H3,(H,37,38,39). The number of hydrogen-bond acceptors (Lipinski definition) is 7. The average molecular weight is 615 g/mol. The van der Waals surface area contributed by atoms with Crippen molar-refractivity contribution >= 4 is 28.3 Å². The molecule has 5 rings (SSSR count). The number of amides is 1. The molecule has 0 spiro atoms. The first-order chi connectivity index (χ1) is 21.0. The Hall–Kier alpha value is -4.94. The van der Waals surface area contributed by atoms with Crippen LogP contribution in [0.5, 0.6) is 17.2 Å². The maximum absolute atomic E-state index is 14.5. The molecule has 1 saturated heterocycles. The topological polar surface area (TPSA) is 85.8 Å². The second-order valence-corrected chi connectivity index (χ2v) is 9.96. The van der Waals surface area contributed by atoms with Gasteiger partial charge in [-0.05, 0) is 42.0 Å². The maximum atomic E-state index is 14.5. The molecule has 44 heavy (non-hydrogen) atoms. The van der Waals surface area contributed by atoms with Crippen LogP contribution in [0.25, 0.3) is 22.0 Å². The van der Waals surface area contributed by atoms with E-state index in [0.29, 0.717) is 27.9 Å². The lowest BCUT2D eigenvalue weighted by atomic mass is 9.98. The summed E-state index contributed by atoms with van der Waals surface area (Å²) < 4.78 is 86.6. The fourth-order valence-electron chi connectivity index (χ4n) is 5.15. The number of hydrogen-bond donors (Lipinski definition) is 1. The van der Waals surface area contributed by atoms with E-state index in [1.165, 1.54) is 26.6 Å². The van der Waals surface area contributed by atoms with Crippen molar-refractivity contribution in [2.75, 3.05) is 26.1 Å². The molecule has 1 aromatic heterocycles. The zero-order valence-corrected chi connectivity index (χ0v) is 23.6. The molecule has 1 aliphatic rings. The quantitative estimate of drug-likeness (QED) is 0.172. The summed E-state index contributed by atoms with van der Waals surface area (Å²) in [6.07, 6.45) is -3.71. The monoisotopic (exact) mass is 614 g/mol. The van der Waals surface area contributed by atoms with E-state index in [0.717, 1.165) is 23.1 Å². The number of ether oxygens (including phenoxy) is 3. The number of carbonyl (C=O) groups is 1. The van der Waals surface area contributed by atoms with E-state index in [4.69, 9.17) is 14.2 Å². The number of likely N-dealkylation sites (tertiary alicyclic amines) is 1. The number of aromatic nitrogens is 2. The summed E-state index contributed by atoms with van der Waals surface area (Å²) in [6.45, 7) is 3.13. The van der Waals surface area contributed by atoms with Crippen LogP contribution in [0.4, 0.5) is 33.5 Å². The number of anilines is 2. The van der Waals surface area contributed by atoms with Crippen LogP contribution >= 0.6 is 0 Å². The van der Waals surface area contributed by atoms with Gasteiger partial charge in [-0.2, -0.15) is 13.2 Å². The summed E-state index contributed by atoms with van der Waals surface area (Å²) in [6, 6.07) is 9.20. The highest BCUT2D eigenvalue weighted by Crippen LogP contribution is 2.40. The fraction of sp³-hybridized carbons (Fsp3) is 0.258. The van der Waals surface area contributed by atoms with Gasteiger partial charge in [0.1, 0.15) is 41.7 Å². The Morgan fingerprint density at radius 1 is 1.02 bits per heavy atom. The van der Waals surface area contributed by atoms with E-state index < -0.39 is 42.3 Å². The molecule has 8 nitrogen and oxygen atoms in total. The van der Waals surface area contributed by atoms with Crippen LogP contribution in [0.1, 0.15) is 12.8 Å². The van der Waals surface area contributed by atoms with Crippen molar-refractivity contribution in [1.29, 1.82) is 0 Å². The number of piperidine rings is 1. The molecule has 0 bridgehead atoms. The minimum Gasteiger partial charge on any atom is -0.495 e. The molecule has 1 N–H and O–H groups in total. The van der Waals surface area contributed by atoms with Crippen molar-refractivity contribution in [3.8, 4) is 28.4 Å². The molecular formula is C31H27F5N4O4. The van der Waals surface area contributed by atoms with Crippen molar-refractivity contribution in [2.24, 2.45) is 0 Å². The normalized spacial score (nSPS) is 16.8. The number of carbonyl (C=O) groups excluding carboxylic acids is 1. The Morgan fingerprint density at radius 2 is 1.80 bits per heavy atom. The average Bonchev–Trinajstić information content (AvgIpc) is 3.00. The van der Waals surface area contributed by atoms with Gasteiger partial charge in [0.15, 0.2) is 11.5 Å². The lowest BCUT2D eigenvalue weighted by Gasteiger charge is -2.39. The molecule has 230 valence electrons.